The van der Waals surface area contributed by atoms with E-state index in [1.807, 2.05) is 9.42 Å². The summed E-state index contributed by atoms with van der Waals surface area (Å²) >= 11 is 1.62. The Morgan fingerprint density at radius 1 is 1.12 bits per heavy atom. The lowest BCUT2D eigenvalue weighted by molar-refractivity contribution is -0.138. The van der Waals surface area contributed by atoms with E-state index in [-0.39, 0.29) is 11.5 Å². The molecule has 8 heteroatoms. The standard InChI is InChI=1S/C24H32N6OS/c1-16-8-5-6-11-18(16)19-20(26-24(2,3)4)30-22(25-19)32-23(27-30)29-14-12-28(13-15-29)21(31)17-9-7-10-17/h5-6,8,11,17,26H,7,9-10,12-15H2,1-4H3. The Hall–Kier alpha value is -2.61. The molecule has 170 valence electrons. The van der Waals surface area contributed by atoms with Crippen LogP contribution in [-0.2, 0) is 4.79 Å². The van der Waals surface area contributed by atoms with Gasteiger partial charge in [-0.25, -0.2) is 4.98 Å². The minimum atomic E-state index is -0.120. The molecule has 1 saturated heterocycles. The normalized spacial score (nSPS) is 17.6. The van der Waals surface area contributed by atoms with E-state index >= 15 is 0 Å². The number of carbonyl (C=O) groups excluding carboxylic acids is 1. The van der Waals surface area contributed by atoms with Gasteiger partial charge in [-0.05, 0) is 46.1 Å². The van der Waals surface area contributed by atoms with Crippen molar-refractivity contribution in [2.24, 2.45) is 5.92 Å². The van der Waals surface area contributed by atoms with E-state index < -0.39 is 0 Å². The predicted octanol–water partition coefficient (Wildman–Crippen LogP) is 4.43. The van der Waals surface area contributed by atoms with E-state index in [0.29, 0.717) is 5.91 Å². The number of anilines is 2. The number of aryl methyl sites for hydroxylation is 1. The first-order valence-corrected chi connectivity index (χ1v) is 12.4. The highest BCUT2D eigenvalue weighted by atomic mass is 32.1. The lowest BCUT2D eigenvalue weighted by atomic mass is 9.84. The van der Waals surface area contributed by atoms with Gasteiger partial charge in [0.1, 0.15) is 5.69 Å². The number of piperazine rings is 1. The number of benzene rings is 1. The molecule has 1 amide bonds. The molecule has 2 fully saturated rings. The van der Waals surface area contributed by atoms with Crippen molar-refractivity contribution in [2.75, 3.05) is 36.4 Å². The van der Waals surface area contributed by atoms with Gasteiger partial charge in [0.15, 0.2) is 5.82 Å². The lowest BCUT2D eigenvalue weighted by Gasteiger charge is -2.38. The largest absolute Gasteiger partial charge is 0.364 e. The van der Waals surface area contributed by atoms with Gasteiger partial charge in [0.25, 0.3) is 0 Å². The minimum absolute atomic E-state index is 0.120. The number of nitrogens with one attached hydrogen (secondary N) is 1. The molecule has 1 aliphatic heterocycles. The fourth-order valence-corrected chi connectivity index (χ4v) is 5.34. The van der Waals surface area contributed by atoms with Gasteiger partial charge in [0, 0.05) is 43.2 Å². The number of amides is 1. The Morgan fingerprint density at radius 3 is 2.47 bits per heavy atom. The first kappa shape index (κ1) is 21.2. The van der Waals surface area contributed by atoms with Crippen molar-refractivity contribution in [2.45, 2.75) is 52.5 Å². The maximum atomic E-state index is 12.6. The van der Waals surface area contributed by atoms with Crippen molar-refractivity contribution in [3.63, 3.8) is 0 Å². The highest BCUT2D eigenvalue weighted by Gasteiger charge is 2.32. The Morgan fingerprint density at radius 2 is 1.84 bits per heavy atom. The molecule has 3 heterocycles. The zero-order chi connectivity index (χ0) is 22.5. The van der Waals surface area contributed by atoms with Gasteiger partial charge in [0.05, 0.1) is 0 Å². The van der Waals surface area contributed by atoms with E-state index in [0.717, 1.165) is 66.2 Å². The summed E-state index contributed by atoms with van der Waals surface area (Å²) in [6.07, 6.45) is 3.33. The Labute approximate surface area is 193 Å². The topological polar surface area (TPSA) is 65.8 Å². The second-order valence-electron chi connectivity index (χ2n) is 10.0. The summed E-state index contributed by atoms with van der Waals surface area (Å²) in [7, 11) is 0. The van der Waals surface area contributed by atoms with Gasteiger partial charge >= 0.3 is 0 Å². The number of fused-ring (bicyclic) bond motifs is 1. The third-order valence-corrected chi connectivity index (χ3v) is 7.37. The molecule has 0 radical (unpaired) electrons. The zero-order valence-corrected chi connectivity index (χ0v) is 20.2. The number of hydrogen-bond donors (Lipinski definition) is 1. The second-order valence-corrected chi connectivity index (χ2v) is 11.0. The second kappa shape index (κ2) is 8.06. The molecule has 0 spiro atoms. The van der Waals surface area contributed by atoms with Crippen LogP contribution in [-0.4, -0.2) is 57.1 Å². The Balaban J connectivity index is 1.42. The molecule has 1 N–H and O–H groups in total. The maximum absolute atomic E-state index is 12.6. The van der Waals surface area contributed by atoms with E-state index in [1.165, 1.54) is 12.0 Å². The highest BCUT2D eigenvalue weighted by molar-refractivity contribution is 7.20. The number of rotatable bonds is 4. The quantitative estimate of drug-likeness (QED) is 0.635. The van der Waals surface area contributed by atoms with Gasteiger partial charge in [-0.3, -0.25) is 4.79 Å². The third kappa shape index (κ3) is 3.96. The average molecular weight is 453 g/mol. The number of aromatic nitrogens is 3. The van der Waals surface area contributed by atoms with Crippen molar-refractivity contribution >= 4 is 33.2 Å². The predicted molar refractivity (Wildman–Crippen MR) is 131 cm³/mol. The highest BCUT2D eigenvalue weighted by Crippen LogP contribution is 2.36. The van der Waals surface area contributed by atoms with Crippen LogP contribution in [0.1, 0.15) is 45.6 Å². The first-order valence-electron chi connectivity index (χ1n) is 11.6. The van der Waals surface area contributed by atoms with E-state index in [2.05, 4.69) is 62.2 Å². The SMILES string of the molecule is Cc1ccccc1-c1nc2sc(N3CCN(C(=O)C4CCC4)CC3)nn2c1NC(C)(C)C. The number of carbonyl (C=O) groups is 1. The van der Waals surface area contributed by atoms with Crippen LogP contribution in [0.4, 0.5) is 10.9 Å². The zero-order valence-electron chi connectivity index (χ0n) is 19.4. The van der Waals surface area contributed by atoms with Crippen LogP contribution in [0.3, 0.4) is 0 Å². The van der Waals surface area contributed by atoms with Crippen molar-refractivity contribution in [3.8, 4) is 11.3 Å². The van der Waals surface area contributed by atoms with Crippen LogP contribution in [0.5, 0.6) is 0 Å². The molecule has 7 nitrogen and oxygen atoms in total. The van der Waals surface area contributed by atoms with Crippen molar-refractivity contribution in [1.29, 1.82) is 0 Å². The molecule has 5 rings (SSSR count). The summed E-state index contributed by atoms with van der Waals surface area (Å²) < 4.78 is 1.96. The summed E-state index contributed by atoms with van der Waals surface area (Å²) in [6, 6.07) is 8.35. The van der Waals surface area contributed by atoms with Crippen LogP contribution in [0.25, 0.3) is 16.2 Å². The van der Waals surface area contributed by atoms with Gasteiger partial charge in [-0.15, -0.1) is 5.10 Å². The molecule has 32 heavy (non-hydrogen) atoms. The molecule has 2 aromatic heterocycles. The monoisotopic (exact) mass is 452 g/mol. The van der Waals surface area contributed by atoms with Crippen LogP contribution < -0.4 is 10.2 Å². The van der Waals surface area contributed by atoms with E-state index in [1.54, 1.807) is 11.3 Å². The number of nitrogens with zero attached hydrogens (tertiary/aromatic N) is 5. The number of hydrogen-bond acceptors (Lipinski definition) is 6. The summed E-state index contributed by atoms with van der Waals surface area (Å²) in [5, 5.41) is 9.57. The molecule has 0 atom stereocenters. The molecule has 1 aromatic carbocycles. The molecule has 1 aliphatic carbocycles. The van der Waals surface area contributed by atoms with Crippen LogP contribution in [0.15, 0.2) is 24.3 Å². The molecule has 0 unspecified atom stereocenters. The summed E-state index contributed by atoms with van der Waals surface area (Å²) in [5.41, 5.74) is 3.15. The van der Waals surface area contributed by atoms with Gasteiger partial charge in [-0.1, -0.05) is 42.0 Å². The summed E-state index contributed by atoms with van der Waals surface area (Å²) in [6.45, 7) is 11.8. The van der Waals surface area contributed by atoms with Crippen LogP contribution in [0.2, 0.25) is 0 Å². The molecule has 2 aliphatic rings. The Bertz CT molecular complexity index is 1130. The first-order chi connectivity index (χ1) is 15.3. The van der Waals surface area contributed by atoms with Gasteiger partial charge in [-0.2, -0.15) is 4.52 Å². The fraction of sp³-hybridized carbons (Fsp3) is 0.542. The van der Waals surface area contributed by atoms with Crippen LogP contribution >= 0.6 is 11.3 Å². The maximum Gasteiger partial charge on any atom is 0.225 e. The van der Waals surface area contributed by atoms with Gasteiger partial charge in [0.2, 0.25) is 16.0 Å². The van der Waals surface area contributed by atoms with E-state index in [4.69, 9.17) is 10.1 Å². The van der Waals surface area contributed by atoms with Gasteiger partial charge < -0.3 is 15.1 Å². The van der Waals surface area contributed by atoms with Crippen molar-refractivity contribution in [3.05, 3.63) is 29.8 Å². The number of imidazole rings is 1. The Kier molecular flexibility index (Phi) is 5.35. The average Bonchev–Trinajstić information content (AvgIpc) is 3.25. The third-order valence-electron chi connectivity index (χ3n) is 6.40. The minimum Gasteiger partial charge on any atom is -0.364 e. The van der Waals surface area contributed by atoms with Crippen molar-refractivity contribution < 1.29 is 4.79 Å². The summed E-state index contributed by atoms with van der Waals surface area (Å²) in [5.74, 6) is 1.56. The smallest absolute Gasteiger partial charge is 0.225 e. The summed E-state index contributed by atoms with van der Waals surface area (Å²) in [4.78, 5) is 22.8. The molecular formula is C24H32N6OS. The molecular weight excluding hydrogens is 420 g/mol. The van der Waals surface area contributed by atoms with Crippen molar-refractivity contribution in [1.82, 2.24) is 19.5 Å². The van der Waals surface area contributed by atoms with Crippen LogP contribution in [0, 0.1) is 12.8 Å². The van der Waals surface area contributed by atoms with E-state index in [9.17, 15) is 4.79 Å². The molecule has 1 saturated carbocycles. The molecule has 0 bridgehead atoms. The molecule has 3 aromatic rings. The lowest BCUT2D eigenvalue weighted by Crippen LogP contribution is -2.51. The fourth-order valence-electron chi connectivity index (χ4n) is 4.39.